The Hall–Kier alpha value is -1.16. The van der Waals surface area contributed by atoms with Gasteiger partial charge < -0.3 is 5.32 Å². The van der Waals surface area contributed by atoms with Crippen molar-refractivity contribution in [3.8, 4) is 0 Å². The summed E-state index contributed by atoms with van der Waals surface area (Å²) in [6.45, 7) is 2.59. The van der Waals surface area contributed by atoms with Crippen molar-refractivity contribution in [2.45, 2.75) is 19.4 Å². The lowest BCUT2D eigenvalue weighted by molar-refractivity contribution is 0.503. The van der Waals surface area contributed by atoms with Crippen LogP contribution < -0.4 is 5.32 Å². The lowest BCUT2D eigenvalue weighted by Gasteiger charge is -2.21. The first-order valence-corrected chi connectivity index (χ1v) is 7.41. The van der Waals surface area contributed by atoms with E-state index in [9.17, 15) is 8.78 Å². The minimum Gasteiger partial charge on any atom is -0.306 e. The minimum absolute atomic E-state index is 0.0238. The molecule has 2 aromatic rings. The molecule has 0 saturated heterocycles. The second kappa shape index (κ2) is 7.21. The molecule has 21 heavy (non-hydrogen) atoms. The fourth-order valence-corrected chi connectivity index (χ4v) is 2.75. The van der Waals surface area contributed by atoms with Crippen LogP contribution in [0.15, 0.2) is 36.4 Å². The molecular formula is C16H15Cl2F2N. The highest BCUT2D eigenvalue weighted by molar-refractivity contribution is 6.34. The SMILES string of the molecule is CCCNC(c1cc(Cl)cc(Cl)c1)c1c(F)cccc1F. The van der Waals surface area contributed by atoms with E-state index in [1.54, 1.807) is 18.2 Å². The average molecular weight is 330 g/mol. The maximum atomic E-state index is 14.1. The summed E-state index contributed by atoms with van der Waals surface area (Å²) in [5.74, 6) is -1.19. The van der Waals surface area contributed by atoms with Gasteiger partial charge >= 0.3 is 0 Å². The quantitative estimate of drug-likeness (QED) is 0.778. The van der Waals surface area contributed by atoms with Crippen molar-refractivity contribution in [3.05, 3.63) is 69.2 Å². The van der Waals surface area contributed by atoms with Crippen molar-refractivity contribution in [2.24, 2.45) is 0 Å². The molecule has 1 N–H and O–H groups in total. The summed E-state index contributed by atoms with van der Waals surface area (Å²) >= 11 is 12.0. The maximum Gasteiger partial charge on any atom is 0.131 e. The van der Waals surface area contributed by atoms with Crippen LogP contribution in [0, 0.1) is 11.6 Å². The second-order valence-corrected chi connectivity index (χ2v) is 5.60. The topological polar surface area (TPSA) is 12.0 Å². The highest BCUT2D eigenvalue weighted by Crippen LogP contribution is 2.30. The van der Waals surface area contributed by atoms with E-state index >= 15 is 0 Å². The van der Waals surface area contributed by atoms with Gasteiger partial charge in [-0.3, -0.25) is 0 Å². The van der Waals surface area contributed by atoms with Gasteiger partial charge in [0.25, 0.3) is 0 Å². The van der Waals surface area contributed by atoms with Crippen LogP contribution in [0.5, 0.6) is 0 Å². The lowest BCUT2D eigenvalue weighted by Crippen LogP contribution is -2.25. The molecule has 0 aliphatic rings. The third-order valence-corrected chi connectivity index (χ3v) is 3.54. The Kier molecular flexibility index (Phi) is 5.57. The van der Waals surface area contributed by atoms with Crippen molar-refractivity contribution in [2.75, 3.05) is 6.54 Å². The van der Waals surface area contributed by atoms with Gasteiger partial charge in [-0.25, -0.2) is 8.78 Å². The fourth-order valence-electron chi connectivity index (χ4n) is 2.20. The zero-order valence-corrected chi connectivity index (χ0v) is 13.0. The predicted octanol–water partition coefficient (Wildman–Crippen LogP) is 5.36. The second-order valence-electron chi connectivity index (χ2n) is 4.73. The molecule has 0 aliphatic carbocycles. The molecule has 1 nitrogen and oxygen atoms in total. The van der Waals surface area contributed by atoms with Crippen molar-refractivity contribution in [3.63, 3.8) is 0 Å². The summed E-state index contributed by atoms with van der Waals surface area (Å²) in [5.41, 5.74) is 0.606. The summed E-state index contributed by atoms with van der Waals surface area (Å²) in [7, 11) is 0. The van der Waals surface area contributed by atoms with Crippen LogP contribution in [0.2, 0.25) is 10.0 Å². The fraction of sp³-hybridized carbons (Fsp3) is 0.250. The molecule has 0 amide bonds. The minimum atomic E-state index is -0.637. The van der Waals surface area contributed by atoms with E-state index in [1.807, 2.05) is 6.92 Å². The van der Waals surface area contributed by atoms with Crippen LogP contribution in [-0.4, -0.2) is 6.54 Å². The number of halogens is 4. The van der Waals surface area contributed by atoms with E-state index in [1.165, 1.54) is 18.2 Å². The monoisotopic (exact) mass is 329 g/mol. The summed E-state index contributed by atoms with van der Waals surface area (Å²) in [5, 5.41) is 4.00. The number of hydrogen-bond donors (Lipinski definition) is 1. The van der Waals surface area contributed by atoms with Gasteiger partial charge in [0, 0.05) is 15.6 Å². The van der Waals surface area contributed by atoms with Crippen molar-refractivity contribution < 1.29 is 8.78 Å². The zero-order valence-electron chi connectivity index (χ0n) is 11.5. The van der Waals surface area contributed by atoms with Gasteiger partial charge in [0.1, 0.15) is 11.6 Å². The standard InChI is InChI=1S/C16H15Cl2F2N/c1-2-6-21-16(10-7-11(17)9-12(18)8-10)15-13(19)4-3-5-14(15)20/h3-5,7-9,16,21H,2,6H2,1H3. The summed E-state index contributed by atoms with van der Waals surface area (Å²) in [6.07, 6.45) is 0.834. The molecule has 1 atom stereocenters. The molecule has 0 fully saturated rings. The van der Waals surface area contributed by atoms with E-state index in [0.29, 0.717) is 22.2 Å². The van der Waals surface area contributed by atoms with Crippen LogP contribution >= 0.6 is 23.2 Å². The molecule has 2 aromatic carbocycles. The first-order valence-electron chi connectivity index (χ1n) is 6.66. The third-order valence-electron chi connectivity index (χ3n) is 3.11. The zero-order chi connectivity index (χ0) is 15.4. The van der Waals surface area contributed by atoms with Crippen molar-refractivity contribution in [1.82, 2.24) is 5.32 Å². The van der Waals surface area contributed by atoms with Gasteiger partial charge in [0.15, 0.2) is 0 Å². The Morgan fingerprint density at radius 3 is 2.14 bits per heavy atom. The summed E-state index contributed by atoms with van der Waals surface area (Å²) in [4.78, 5) is 0. The lowest BCUT2D eigenvalue weighted by atomic mass is 9.97. The van der Waals surface area contributed by atoms with Crippen LogP contribution in [0.25, 0.3) is 0 Å². The number of rotatable bonds is 5. The highest BCUT2D eigenvalue weighted by atomic mass is 35.5. The summed E-state index contributed by atoms with van der Waals surface area (Å²) in [6, 6.07) is 8.09. The van der Waals surface area contributed by atoms with Gasteiger partial charge in [-0.2, -0.15) is 0 Å². The molecule has 1 unspecified atom stereocenters. The molecule has 0 heterocycles. The predicted molar refractivity (Wildman–Crippen MR) is 83.0 cm³/mol. The molecule has 0 aromatic heterocycles. The molecule has 2 rings (SSSR count). The highest BCUT2D eigenvalue weighted by Gasteiger charge is 2.22. The molecule has 0 aliphatic heterocycles. The van der Waals surface area contributed by atoms with Crippen LogP contribution in [0.3, 0.4) is 0 Å². The number of nitrogens with one attached hydrogen (secondary N) is 1. The van der Waals surface area contributed by atoms with Crippen LogP contribution in [0.1, 0.15) is 30.5 Å². The molecule has 0 spiro atoms. The Morgan fingerprint density at radius 1 is 1.05 bits per heavy atom. The van der Waals surface area contributed by atoms with Gasteiger partial charge in [-0.1, -0.05) is 36.2 Å². The molecular weight excluding hydrogens is 315 g/mol. The smallest absolute Gasteiger partial charge is 0.131 e. The van der Waals surface area contributed by atoms with Crippen LogP contribution in [0.4, 0.5) is 8.78 Å². The molecule has 0 radical (unpaired) electrons. The van der Waals surface area contributed by atoms with E-state index in [0.717, 1.165) is 6.42 Å². The Morgan fingerprint density at radius 2 is 1.62 bits per heavy atom. The number of hydrogen-bond acceptors (Lipinski definition) is 1. The number of benzene rings is 2. The molecule has 5 heteroatoms. The van der Waals surface area contributed by atoms with Crippen molar-refractivity contribution in [1.29, 1.82) is 0 Å². The molecule has 0 saturated carbocycles. The van der Waals surface area contributed by atoms with E-state index in [4.69, 9.17) is 23.2 Å². The van der Waals surface area contributed by atoms with E-state index < -0.39 is 17.7 Å². The van der Waals surface area contributed by atoms with Crippen molar-refractivity contribution >= 4 is 23.2 Å². The van der Waals surface area contributed by atoms with E-state index in [-0.39, 0.29) is 5.56 Å². The largest absolute Gasteiger partial charge is 0.306 e. The van der Waals surface area contributed by atoms with Gasteiger partial charge in [-0.15, -0.1) is 0 Å². The normalized spacial score (nSPS) is 12.4. The van der Waals surface area contributed by atoms with E-state index in [2.05, 4.69) is 5.32 Å². The maximum absolute atomic E-state index is 14.1. The summed E-state index contributed by atoms with van der Waals surface area (Å²) < 4.78 is 28.1. The first kappa shape index (κ1) is 16.2. The average Bonchev–Trinajstić information content (AvgIpc) is 2.41. The van der Waals surface area contributed by atoms with Gasteiger partial charge in [-0.05, 0) is 48.9 Å². The Balaban J connectivity index is 2.52. The molecule has 0 bridgehead atoms. The Labute approximate surface area is 132 Å². The van der Waals surface area contributed by atoms with Crippen LogP contribution in [-0.2, 0) is 0 Å². The third kappa shape index (κ3) is 3.94. The molecule has 112 valence electrons. The van der Waals surface area contributed by atoms with Gasteiger partial charge in [0.2, 0.25) is 0 Å². The first-order chi connectivity index (χ1) is 10.0. The van der Waals surface area contributed by atoms with Gasteiger partial charge in [0.05, 0.1) is 6.04 Å². The Bertz CT molecular complexity index is 591.